The summed E-state index contributed by atoms with van der Waals surface area (Å²) in [6.07, 6.45) is 5.26. The number of benzene rings is 1. The normalized spacial score (nSPS) is 13.7. The summed E-state index contributed by atoms with van der Waals surface area (Å²) in [4.78, 5) is 0. The number of rotatable bonds is 10. The summed E-state index contributed by atoms with van der Waals surface area (Å²) in [6.45, 7) is 9.97. The Morgan fingerprint density at radius 1 is 0.905 bits per heavy atom. The lowest BCUT2D eigenvalue weighted by molar-refractivity contribution is 0.0649. The van der Waals surface area contributed by atoms with Crippen molar-refractivity contribution in [3.63, 3.8) is 0 Å². The molecule has 0 aliphatic carbocycles. The van der Waals surface area contributed by atoms with E-state index in [4.69, 9.17) is 13.3 Å². The molecule has 118 valence electrons. The molecule has 1 aromatic carbocycles. The Balaban J connectivity index is 2.96. The molecule has 0 spiro atoms. The molecule has 0 saturated carbocycles. The zero-order valence-electron chi connectivity index (χ0n) is 13.7. The van der Waals surface area contributed by atoms with Gasteiger partial charge < -0.3 is 13.3 Å². The van der Waals surface area contributed by atoms with Gasteiger partial charge in [-0.15, -0.1) is 0 Å². The van der Waals surface area contributed by atoms with Gasteiger partial charge in [0, 0.05) is 25.4 Å². The van der Waals surface area contributed by atoms with Gasteiger partial charge >= 0.3 is 8.80 Å². The third kappa shape index (κ3) is 5.40. The second-order valence-electron chi connectivity index (χ2n) is 4.69. The zero-order valence-corrected chi connectivity index (χ0v) is 14.7. The molecule has 0 N–H and O–H groups in total. The van der Waals surface area contributed by atoms with Crippen LogP contribution < -0.4 is 0 Å². The number of hydrogen-bond donors (Lipinski definition) is 0. The molecule has 0 bridgehead atoms. The molecule has 1 unspecified atom stereocenters. The van der Waals surface area contributed by atoms with E-state index in [0.717, 1.165) is 6.42 Å². The largest absolute Gasteiger partial charge is 0.508 e. The van der Waals surface area contributed by atoms with Crippen LogP contribution >= 0.6 is 0 Å². The first-order valence-electron chi connectivity index (χ1n) is 7.87. The highest BCUT2D eigenvalue weighted by molar-refractivity contribution is 6.63. The summed E-state index contributed by atoms with van der Waals surface area (Å²) < 4.78 is 18.0. The lowest BCUT2D eigenvalue weighted by Gasteiger charge is -2.33. The van der Waals surface area contributed by atoms with E-state index in [2.05, 4.69) is 31.2 Å². The predicted molar refractivity (Wildman–Crippen MR) is 90.1 cm³/mol. The van der Waals surface area contributed by atoms with Gasteiger partial charge in [0.2, 0.25) is 0 Å². The van der Waals surface area contributed by atoms with Crippen molar-refractivity contribution in [3.8, 4) is 0 Å². The monoisotopic (exact) mass is 308 g/mol. The maximum atomic E-state index is 6.00. The fourth-order valence-electron chi connectivity index (χ4n) is 2.35. The average Bonchev–Trinajstić information content (AvgIpc) is 2.49. The molecule has 0 radical (unpaired) electrons. The molecule has 21 heavy (non-hydrogen) atoms. The molecule has 0 heterocycles. The molecule has 1 atom stereocenters. The molecule has 0 aromatic heterocycles. The molecule has 0 amide bonds. The van der Waals surface area contributed by atoms with E-state index in [0.29, 0.717) is 19.8 Å². The molecule has 0 fully saturated rings. The second kappa shape index (κ2) is 9.90. The van der Waals surface area contributed by atoms with Gasteiger partial charge in [0.05, 0.1) is 0 Å². The molecule has 1 rings (SSSR count). The standard InChI is InChI=1S/C17H28O3Si/c1-5-17(15-14-16-12-10-9-11-13-16)21(18-6-2,19-7-3)20-8-4/h9-15,17H,5-8H2,1-4H3/b15-14+. The topological polar surface area (TPSA) is 27.7 Å². The smallest absolute Gasteiger partial charge is 0.373 e. The maximum absolute atomic E-state index is 6.00. The molecule has 1 aromatic rings. The van der Waals surface area contributed by atoms with Crippen LogP contribution in [-0.4, -0.2) is 28.6 Å². The number of hydrogen-bond acceptors (Lipinski definition) is 3. The van der Waals surface area contributed by atoms with Crippen molar-refractivity contribution in [2.45, 2.75) is 39.7 Å². The summed E-state index contributed by atoms with van der Waals surface area (Å²) >= 11 is 0. The fraction of sp³-hybridized carbons (Fsp3) is 0.529. The van der Waals surface area contributed by atoms with Crippen LogP contribution in [0.15, 0.2) is 36.4 Å². The minimum absolute atomic E-state index is 0.178. The highest BCUT2D eigenvalue weighted by atomic mass is 28.4. The van der Waals surface area contributed by atoms with Gasteiger partial charge in [-0.1, -0.05) is 49.4 Å². The van der Waals surface area contributed by atoms with Gasteiger partial charge in [0.25, 0.3) is 0 Å². The third-order valence-electron chi connectivity index (χ3n) is 3.25. The van der Waals surface area contributed by atoms with Crippen molar-refractivity contribution in [3.05, 3.63) is 42.0 Å². The van der Waals surface area contributed by atoms with Crippen LogP contribution in [0.1, 0.15) is 39.7 Å². The van der Waals surface area contributed by atoms with Crippen LogP contribution in [-0.2, 0) is 13.3 Å². The molecule has 3 nitrogen and oxygen atoms in total. The fourth-order valence-corrected chi connectivity index (χ4v) is 5.28. The van der Waals surface area contributed by atoms with Crippen molar-refractivity contribution in [2.24, 2.45) is 0 Å². The van der Waals surface area contributed by atoms with Crippen LogP contribution in [0, 0.1) is 0 Å². The average molecular weight is 308 g/mol. The van der Waals surface area contributed by atoms with E-state index >= 15 is 0 Å². The van der Waals surface area contributed by atoms with Crippen molar-refractivity contribution < 1.29 is 13.3 Å². The van der Waals surface area contributed by atoms with Gasteiger partial charge in [-0.25, -0.2) is 0 Å². The quantitative estimate of drug-likeness (QED) is 0.594. The summed E-state index contributed by atoms with van der Waals surface area (Å²) in [5, 5.41) is 0. The van der Waals surface area contributed by atoms with E-state index in [1.165, 1.54) is 5.56 Å². The Hall–Kier alpha value is -0.943. The van der Waals surface area contributed by atoms with Gasteiger partial charge in [-0.3, -0.25) is 0 Å². The molecule has 0 aliphatic heterocycles. The molecular formula is C17H28O3Si. The van der Waals surface area contributed by atoms with Crippen molar-refractivity contribution in [2.75, 3.05) is 19.8 Å². The second-order valence-corrected chi connectivity index (χ2v) is 7.50. The predicted octanol–water partition coefficient (Wildman–Crippen LogP) is 4.53. The lowest BCUT2D eigenvalue weighted by Crippen LogP contribution is -2.49. The Morgan fingerprint density at radius 3 is 1.86 bits per heavy atom. The maximum Gasteiger partial charge on any atom is 0.508 e. The summed E-state index contributed by atoms with van der Waals surface area (Å²) in [7, 11) is -2.67. The van der Waals surface area contributed by atoms with Crippen LogP contribution in [0.3, 0.4) is 0 Å². The Labute approximate surface area is 130 Å². The van der Waals surface area contributed by atoms with Crippen LogP contribution in [0.2, 0.25) is 5.54 Å². The highest BCUT2D eigenvalue weighted by Crippen LogP contribution is 2.31. The van der Waals surface area contributed by atoms with E-state index in [-0.39, 0.29) is 5.54 Å². The summed E-state index contributed by atoms with van der Waals surface area (Å²) in [5.41, 5.74) is 1.36. The Kier molecular flexibility index (Phi) is 8.53. The third-order valence-corrected chi connectivity index (χ3v) is 6.83. The molecule has 0 aliphatic rings. The minimum atomic E-state index is -2.67. The van der Waals surface area contributed by atoms with Gasteiger partial charge in [-0.2, -0.15) is 0 Å². The minimum Gasteiger partial charge on any atom is -0.373 e. The first-order chi connectivity index (χ1) is 10.2. The van der Waals surface area contributed by atoms with Gasteiger partial charge in [0.15, 0.2) is 0 Å². The molecule has 4 heteroatoms. The van der Waals surface area contributed by atoms with E-state index in [1.807, 2.05) is 39.0 Å². The van der Waals surface area contributed by atoms with Gasteiger partial charge in [-0.05, 0) is 32.8 Å². The van der Waals surface area contributed by atoms with E-state index in [1.54, 1.807) is 0 Å². The van der Waals surface area contributed by atoms with E-state index in [9.17, 15) is 0 Å². The summed E-state index contributed by atoms with van der Waals surface area (Å²) in [5.74, 6) is 0. The van der Waals surface area contributed by atoms with Crippen LogP contribution in [0.5, 0.6) is 0 Å². The molecular weight excluding hydrogens is 280 g/mol. The van der Waals surface area contributed by atoms with Crippen molar-refractivity contribution in [1.82, 2.24) is 0 Å². The summed E-state index contributed by atoms with van der Waals surface area (Å²) in [6, 6.07) is 10.3. The lowest BCUT2D eigenvalue weighted by atomic mass is 10.2. The van der Waals surface area contributed by atoms with E-state index < -0.39 is 8.80 Å². The highest BCUT2D eigenvalue weighted by Gasteiger charge is 2.46. The zero-order chi connectivity index (χ0) is 15.6. The van der Waals surface area contributed by atoms with Gasteiger partial charge in [0.1, 0.15) is 0 Å². The molecule has 0 saturated heterocycles. The number of allylic oxidation sites excluding steroid dienone is 1. The first-order valence-corrected chi connectivity index (χ1v) is 9.67. The van der Waals surface area contributed by atoms with Crippen molar-refractivity contribution in [1.29, 1.82) is 0 Å². The van der Waals surface area contributed by atoms with Crippen LogP contribution in [0.4, 0.5) is 0 Å². The Morgan fingerprint density at radius 2 is 1.43 bits per heavy atom. The Bertz CT molecular complexity index is 389. The first kappa shape index (κ1) is 18.1. The van der Waals surface area contributed by atoms with Crippen molar-refractivity contribution >= 4 is 14.9 Å². The van der Waals surface area contributed by atoms with Crippen LogP contribution in [0.25, 0.3) is 6.08 Å². The SMILES string of the molecule is CCO[Si](OCC)(OCC)C(/C=C/c1ccccc1)CC.